The molecular formula is C30H36O8. The van der Waals surface area contributed by atoms with Gasteiger partial charge in [-0.1, -0.05) is 6.07 Å². The molecule has 2 bridgehead atoms. The van der Waals surface area contributed by atoms with E-state index in [0.29, 0.717) is 30.8 Å². The molecule has 3 aliphatic rings. The first-order chi connectivity index (χ1) is 18.1. The maximum absolute atomic E-state index is 12.3. The molecule has 2 aromatic carbocycles. The number of rotatable bonds is 5. The lowest BCUT2D eigenvalue weighted by molar-refractivity contribution is -0.161. The molecule has 0 heterocycles. The topological polar surface area (TPSA) is 112 Å². The van der Waals surface area contributed by atoms with Gasteiger partial charge in [-0.05, 0) is 90.3 Å². The van der Waals surface area contributed by atoms with Crippen molar-refractivity contribution in [2.45, 2.75) is 76.4 Å². The lowest BCUT2D eigenvalue weighted by atomic mass is 9.57. The molecule has 2 saturated carbocycles. The summed E-state index contributed by atoms with van der Waals surface area (Å²) in [5.74, 6) is 0.293. The van der Waals surface area contributed by atoms with Crippen LogP contribution in [-0.2, 0) is 37.3 Å². The molecule has 0 radical (unpaired) electrons. The van der Waals surface area contributed by atoms with Crippen LogP contribution in [0.4, 0.5) is 0 Å². The molecule has 2 aromatic rings. The van der Waals surface area contributed by atoms with Gasteiger partial charge in [0.05, 0.1) is 14.2 Å². The van der Waals surface area contributed by atoms with Crippen LogP contribution in [0.15, 0.2) is 30.3 Å². The quantitative estimate of drug-likeness (QED) is 0.546. The number of phenolic OH excluding ortho intramolecular Hbond substituents is 2. The summed E-state index contributed by atoms with van der Waals surface area (Å²) in [5.41, 5.74) is 2.67. The fourth-order valence-electron chi connectivity index (χ4n) is 7.62. The monoisotopic (exact) mass is 524 g/mol. The fourth-order valence-corrected chi connectivity index (χ4v) is 7.62. The van der Waals surface area contributed by atoms with Crippen molar-refractivity contribution in [3.63, 3.8) is 0 Å². The summed E-state index contributed by atoms with van der Waals surface area (Å²) >= 11 is 0. The number of benzene rings is 2. The Hall–Kier alpha value is -3.42. The molecule has 0 saturated heterocycles. The van der Waals surface area contributed by atoms with Crippen LogP contribution in [0.5, 0.6) is 23.0 Å². The van der Waals surface area contributed by atoms with Crippen molar-refractivity contribution in [2.75, 3.05) is 14.2 Å². The Morgan fingerprint density at radius 3 is 2.29 bits per heavy atom. The van der Waals surface area contributed by atoms with Crippen LogP contribution in [0.25, 0.3) is 0 Å². The Morgan fingerprint density at radius 2 is 1.61 bits per heavy atom. The smallest absolute Gasteiger partial charge is 0.302 e. The number of fused-ring (bicyclic) bond motifs is 2. The van der Waals surface area contributed by atoms with Crippen LogP contribution < -0.4 is 9.47 Å². The zero-order valence-corrected chi connectivity index (χ0v) is 22.4. The van der Waals surface area contributed by atoms with Crippen LogP contribution >= 0.6 is 0 Å². The molecule has 38 heavy (non-hydrogen) atoms. The zero-order valence-electron chi connectivity index (χ0n) is 22.4. The Bertz CT molecular complexity index is 1260. The average molecular weight is 525 g/mol. The summed E-state index contributed by atoms with van der Waals surface area (Å²) in [6.45, 7) is 2.83. The lowest BCUT2D eigenvalue weighted by Crippen LogP contribution is -2.49. The maximum Gasteiger partial charge on any atom is 0.302 e. The molecule has 5 atom stereocenters. The molecule has 8 nitrogen and oxygen atoms in total. The molecular weight excluding hydrogens is 488 g/mol. The lowest BCUT2D eigenvalue weighted by Gasteiger charge is -2.49. The van der Waals surface area contributed by atoms with Gasteiger partial charge in [-0.3, -0.25) is 9.59 Å². The van der Waals surface area contributed by atoms with Gasteiger partial charge in [0, 0.05) is 26.2 Å². The molecule has 0 aliphatic heterocycles. The summed E-state index contributed by atoms with van der Waals surface area (Å²) in [7, 11) is 3.06. The molecule has 0 amide bonds. The maximum atomic E-state index is 12.3. The first-order valence-electron chi connectivity index (χ1n) is 13.2. The van der Waals surface area contributed by atoms with Crippen LogP contribution in [-0.4, -0.2) is 48.6 Å². The summed E-state index contributed by atoms with van der Waals surface area (Å²) in [6.07, 6.45) is 4.04. The third-order valence-electron chi connectivity index (χ3n) is 9.07. The van der Waals surface area contributed by atoms with Crippen LogP contribution in [0, 0.1) is 11.3 Å². The van der Waals surface area contributed by atoms with E-state index in [1.807, 2.05) is 24.3 Å². The van der Waals surface area contributed by atoms with Crippen molar-refractivity contribution < 1.29 is 38.7 Å². The molecule has 1 spiro atoms. The third-order valence-corrected chi connectivity index (χ3v) is 9.07. The molecule has 3 aliphatic carbocycles. The highest BCUT2D eigenvalue weighted by Crippen LogP contribution is 2.63. The van der Waals surface area contributed by atoms with E-state index in [0.717, 1.165) is 42.4 Å². The van der Waals surface area contributed by atoms with E-state index >= 15 is 0 Å². The van der Waals surface area contributed by atoms with Crippen molar-refractivity contribution in [1.82, 2.24) is 0 Å². The number of carbonyl (C=O) groups is 2. The summed E-state index contributed by atoms with van der Waals surface area (Å²) in [5, 5.41) is 20.8. The minimum Gasteiger partial charge on any atom is -0.504 e. The van der Waals surface area contributed by atoms with Gasteiger partial charge >= 0.3 is 11.9 Å². The van der Waals surface area contributed by atoms with Gasteiger partial charge in [0.25, 0.3) is 0 Å². The number of carbonyl (C=O) groups excluding carboxylic acids is 2. The number of hydrogen-bond donors (Lipinski definition) is 2. The van der Waals surface area contributed by atoms with E-state index in [4.69, 9.17) is 18.9 Å². The second kappa shape index (κ2) is 9.71. The van der Waals surface area contributed by atoms with Gasteiger partial charge < -0.3 is 29.2 Å². The highest BCUT2D eigenvalue weighted by atomic mass is 16.6. The third kappa shape index (κ3) is 4.54. The molecule has 2 N–H and O–H groups in total. The van der Waals surface area contributed by atoms with Crippen LogP contribution in [0.2, 0.25) is 0 Å². The van der Waals surface area contributed by atoms with E-state index < -0.39 is 12.2 Å². The van der Waals surface area contributed by atoms with Crippen molar-refractivity contribution in [2.24, 2.45) is 11.3 Å². The number of phenols is 2. The van der Waals surface area contributed by atoms with Gasteiger partial charge in [0.1, 0.15) is 12.2 Å². The second-order valence-corrected chi connectivity index (χ2v) is 11.3. The summed E-state index contributed by atoms with van der Waals surface area (Å²) in [6, 6.07) is 9.19. The minimum atomic E-state index is -0.441. The number of aromatic hydroxyl groups is 2. The number of esters is 2. The standard InChI is InChI=1S/C30H36O8/c1-17(31)37-22-13-26(38-18(2)32)23-9-19-11-27(35-3)25(34)10-20(19)14-30(23)8-7-29(15-22,16-30)21-5-6-24(33)28(12-21)36-4/h5-6,10-12,22-23,26,33-34H,7-9,13-16H2,1-4H3/t22-,23-,26+,29+,30-/m0/s1. The summed E-state index contributed by atoms with van der Waals surface area (Å²) < 4.78 is 22.7. The van der Waals surface area contributed by atoms with Crippen molar-refractivity contribution >= 4 is 11.9 Å². The van der Waals surface area contributed by atoms with Crippen molar-refractivity contribution in [3.05, 3.63) is 47.0 Å². The second-order valence-electron chi connectivity index (χ2n) is 11.3. The van der Waals surface area contributed by atoms with Gasteiger partial charge in [-0.25, -0.2) is 0 Å². The predicted octanol–water partition coefficient (Wildman–Crippen LogP) is 4.60. The molecule has 0 unspecified atom stereocenters. The Kier molecular flexibility index (Phi) is 6.70. The zero-order chi connectivity index (χ0) is 27.2. The number of hydrogen-bond acceptors (Lipinski definition) is 8. The molecule has 204 valence electrons. The predicted molar refractivity (Wildman–Crippen MR) is 139 cm³/mol. The van der Waals surface area contributed by atoms with Crippen LogP contribution in [0.3, 0.4) is 0 Å². The fraction of sp³-hybridized carbons (Fsp3) is 0.533. The summed E-state index contributed by atoms with van der Waals surface area (Å²) in [4.78, 5) is 24.4. The normalized spacial score (nSPS) is 29.7. The van der Waals surface area contributed by atoms with E-state index in [1.165, 1.54) is 28.1 Å². The Balaban J connectivity index is 1.65. The Labute approximate surface area is 222 Å². The Morgan fingerprint density at radius 1 is 0.895 bits per heavy atom. The van der Waals surface area contributed by atoms with Gasteiger partial charge in [0.2, 0.25) is 0 Å². The molecule has 0 aromatic heterocycles. The molecule has 5 rings (SSSR count). The highest BCUT2D eigenvalue weighted by Gasteiger charge is 2.59. The van der Waals surface area contributed by atoms with Gasteiger partial charge in [-0.2, -0.15) is 0 Å². The SMILES string of the molecule is COc1cc([C@]23CC[C@]4(Cc5cc(O)c(OC)cc5C[C@H]4[C@H](OC(C)=O)C[C@H](OC(C)=O)C2)C3)ccc1O. The molecule has 8 heteroatoms. The van der Waals surface area contributed by atoms with E-state index in [1.54, 1.807) is 6.07 Å². The van der Waals surface area contributed by atoms with Crippen LogP contribution in [0.1, 0.15) is 62.6 Å². The first kappa shape index (κ1) is 26.2. The van der Waals surface area contributed by atoms with E-state index in [9.17, 15) is 19.8 Å². The minimum absolute atomic E-state index is 0.00704. The number of methoxy groups -OCH3 is 2. The first-order valence-corrected chi connectivity index (χ1v) is 13.2. The van der Waals surface area contributed by atoms with Gasteiger partial charge in [0.15, 0.2) is 23.0 Å². The van der Waals surface area contributed by atoms with Crippen molar-refractivity contribution in [3.8, 4) is 23.0 Å². The van der Waals surface area contributed by atoms with Crippen molar-refractivity contribution in [1.29, 1.82) is 0 Å². The largest absolute Gasteiger partial charge is 0.504 e. The number of ether oxygens (including phenoxy) is 4. The molecule has 2 fully saturated rings. The van der Waals surface area contributed by atoms with Gasteiger partial charge in [-0.15, -0.1) is 0 Å². The van der Waals surface area contributed by atoms with E-state index in [2.05, 4.69) is 0 Å². The average Bonchev–Trinajstić information content (AvgIpc) is 3.22. The highest BCUT2D eigenvalue weighted by molar-refractivity contribution is 5.67. The van der Waals surface area contributed by atoms with E-state index in [-0.39, 0.29) is 40.2 Å².